The van der Waals surface area contributed by atoms with E-state index in [2.05, 4.69) is 44.3 Å². The Morgan fingerprint density at radius 3 is 2.52 bits per heavy atom. The van der Waals surface area contributed by atoms with E-state index < -0.39 is 5.41 Å². The summed E-state index contributed by atoms with van der Waals surface area (Å²) in [6, 6.07) is 8.94. The maximum Gasteiger partial charge on any atom is 0.237 e. The first-order valence-corrected chi connectivity index (χ1v) is 16.2. The average molecular weight is 618 g/mol. The molecule has 11 heteroatoms. The molecular weight excluding hydrogens is 578 g/mol. The van der Waals surface area contributed by atoms with Crippen LogP contribution in [0.15, 0.2) is 43.0 Å². The molecule has 236 valence electrons. The number of rotatable bonds is 5. The van der Waals surface area contributed by atoms with Gasteiger partial charge >= 0.3 is 0 Å². The Morgan fingerprint density at radius 1 is 1.04 bits per heavy atom. The molecule has 1 aromatic carbocycles. The molecule has 1 saturated carbocycles. The summed E-state index contributed by atoms with van der Waals surface area (Å²) in [5.41, 5.74) is 6.88. The van der Waals surface area contributed by atoms with Gasteiger partial charge in [-0.1, -0.05) is 6.07 Å². The number of aryl methyl sites for hydroxylation is 2. The van der Waals surface area contributed by atoms with Crippen LogP contribution in [-0.4, -0.2) is 79.2 Å². The molecule has 46 heavy (non-hydrogen) atoms. The Kier molecular flexibility index (Phi) is 6.60. The van der Waals surface area contributed by atoms with Crippen LogP contribution < -0.4 is 4.90 Å². The molecular formula is C35H39N9O2. The first kappa shape index (κ1) is 28.9. The van der Waals surface area contributed by atoms with E-state index in [1.165, 1.54) is 0 Å². The molecule has 1 saturated heterocycles. The van der Waals surface area contributed by atoms with Gasteiger partial charge in [0.2, 0.25) is 5.91 Å². The summed E-state index contributed by atoms with van der Waals surface area (Å²) in [5.74, 6) is 0.131. The Morgan fingerprint density at radius 2 is 1.83 bits per heavy atom. The number of benzene rings is 1. The van der Waals surface area contributed by atoms with Gasteiger partial charge in [-0.15, -0.1) is 0 Å². The lowest BCUT2D eigenvalue weighted by molar-refractivity contribution is -0.125. The number of nitrogens with one attached hydrogen (secondary N) is 1. The van der Waals surface area contributed by atoms with Crippen molar-refractivity contribution >= 4 is 33.5 Å². The molecule has 4 aromatic heterocycles. The highest BCUT2D eigenvalue weighted by molar-refractivity contribution is 6.16. The second kappa shape index (κ2) is 10.5. The van der Waals surface area contributed by atoms with Crippen molar-refractivity contribution in [1.82, 2.24) is 34.4 Å². The number of hydrogen-bond acceptors (Lipinski definition) is 7. The lowest BCUT2D eigenvalue weighted by Gasteiger charge is -2.51. The summed E-state index contributed by atoms with van der Waals surface area (Å²) in [4.78, 5) is 27.3. The van der Waals surface area contributed by atoms with Crippen molar-refractivity contribution in [3.05, 3.63) is 48.5 Å². The van der Waals surface area contributed by atoms with Crippen LogP contribution in [0, 0.1) is 11.3 Å². The van der Waals surface area contributed by atoms with Crippen LogP contribution in [0.5, 0.6) is 0 Å². The smallest absolute Gasteiger partial charge is 0.237 e. The number of nitrogens with zero attached hydrogens (tertiary/aromatic N) is 8. The fourth-order valence-electron chi connectivity index (χ4n) is 8.74. The number of aromatic nitrogens is 6. The van der Waals surface area contributed by atoms with Crippen LogP contribution in [0.25, 0.3) is 44.3 Å². The van der Waals surface area contributed by atoms with Crippen LogP contribution >= 0.6 is 0 Å². The molecule has 5 aromatic rings. The maximum atomic E-state index is 14.4. The van der Waals surface area contributed by atoms with E-state index >= 15 is 0 Å². The zero-order valence-corrected chi connectivity index (χ0v) is 26.9. The van der Waals surface area contributed by atoms with Gasteiger partial charge in [-0.05, 0) is 56.2 Å². The normalized spacial score (nSPS) is 23.1. The van der Waals surface area contributed by atoms with E-state index in [4.69, 9.17) is 9.72 Å². The van der Waals surface area contributed by atoms with E-state index in [-0.39, 0.29) is 17.6 Å². The predicted octanol–water partition coefficient (Wildman–Crippen LogP) is 5.07. The molecule has 6 heterocycles. The van der Waals surface area contributed by atoms with E-state index in [1.807, 2.05) is 55.5 Å². The van der Waals surface area contributed by atoms with Crippen molar-refractivity contribution < 1.29 is 9.53 Å². The standard InChI is InChI=1S/C35H39N9O2/c1-41-21-24(19-38-41)31-28(22-5-6-26-23(17-22)18-39-43(26)3)29-30-27(20-37-32(29)40-31)42(2)33(45)35(30)12-15-44(16-13-35)34(11-14-36)9-7-25(46-4)8-10-34/h5-6,17-21,25H,7-13,15-16H2,1-4H3,(H,37,40)/t25-,34+. The van der Waals surface area contributed by atoms with Crippen LogP contribution in [0.1, 0.15) is 50.5 Å². The largest absolute Gasteiger partial charge is 0.381 e. The van der Waals surface area contributed by atoms with Crippen molar-refractivity contribution in [3.63, 3.8) is 0 Å². The van der Waals surface area contributed by atoms with Gasteiger partial charge in [0.15, 0.2) is 0 Å². The highest BCUT2D eigenvalue weighted by Gasteiger charge is 2.55. The number of aromatic amines is 1. The number of amides is 1. The van der Waals surface area contributed by atoms with E-state index in [0.717, 1.165) is 94.3 Å². The molecule has 11 nitrogen and oxygen atoms in total. The van der Waals surface area contributed by atoms with Gasteiger partial charge in [-0.3, -0.25) is 19.1 Å². The SMILES string of the molecule is CO[C@H]1CC[C@@](CC#N)(N2CCC3(CC2)C(=O)N(C)c2cnc4[nH]c(-c5cnn(C)c5)c(-c5ccc6c(cnn6C)c5)c4c23)CC1. The number of likely N-dealkylation sites (tertiary alicyclic amines) is 1. The summed E-state index contributed by atoms with van der Waals surface area (Å²) in [6.45, 7) is 1.53. The van der Waals surface area contributed by atoms with Crippen LogP contribution in [0.3, 0.4) is 0 Å². The number of fused-ring (bicyclic) bond motifs is 5. The fraction of sp³-hybridized carbons (Fsp3) is 0.457. The molecule has 2 fully saturated rings. The number of methoxy groups -OCH3 is 1. The minimum absolute atomic E-state index is 0.131. The van der Waals surface area contributed by atoms with E-state index in [9.17, 15) is 10.1 Å². The first-order valence-electron chi connectivity index (χ1n) is 16.2. The van der Waals surface area contributed by atoms with Crippen LogP contribution in [0.4, 0.5) is 5.69 Å². The molecule has 1 N–H and O–H groups in total. The number of H-pyrrole nitrogens is 1. The lowest BCUT2D eigenvalue weighted by atomic mass is 9.69. The average Bonchev–Trinajstić information content (AvgIpc) is 3.83. The second-order valence-electron chi connectivity index (χ2n) is 13.5. The summed E-state index contributed by atoms with van der Waals surface area (Å²) in [6.07, 6.45) is 13.6. The number of nitriles is 1. The summed E-state index contributed by atoms with van der Waals surface area (Å²) in [5, 5.41) is 20.9. The quantitative estimate of drug-likeness (QED) is 0.292. The van der Waals surface area contributed by atoms with Gasteiger partial charge in [0.1, 0.15) is 5.65 Å². The molecule has 8 rings (SSSR count). The zero-order chi connectivity index (χ0) is 31.8. The number of pyridine rings is 1. The summed E-state index contributed by atoms with van der Waals surface area (Å²) >= 11 is 0. The molecule has 1 aliphatic carbocycles. The third kappa shape index (κ3) is 4.09. The molecule has 0 unspecified atom stereocenters. The Labute approximate surface area is 267 Å². The maximum absolute atomic E-state index is 14.4. The zero-order valence-electron chi connectivity index (χ0n) is 26.9. The number of carbonyl (C=O) groups excluding carboxylic acids is 1. The van der Waals surface area contributed by atoms with Gasteiger partial charge in [0.05, 0.1) is 59.5 Å². The Hall–Kier alpha value is -4.53. The molecule has 0 radical (unpaired) electrons. The van der Waals surface area contributed by atoms with Crippen molar-refractivity contribution in [2.24, 2.45) is 14.1 Å². The van der Waals surface area contributed by atoms with E-state index in [0.29, 0.717) is 19.3 Å². The monoisotopic (exact) mass is 617 g/mol. The van der Waals surface area contributed by atoms with Gasteiger partial charge in [0, 0.05) is 80.5 Å². The third-order valence-electron chi connectivity index (χ3n) is 11.3. The predicted molar refractivity (Wildman–Crippen MR) is 176 cm³/mol. The molecule has 0 atom stereocenters. The van der Waals surface area contributed by atoms with Crippen LogP contribution in [-0.2, 0) is 29.0 Å². The Balaban J connectivity index is 1.28. The number of ether oxygens (including phenoxy) is 1. The summed E-state index contributed by atoms with van der Waals surface area (Å²) < 4.78 is 9.36. The molecule has 2 aliphatic heterocycles. The third-order valence-corrected chi connectivity index (χ3v) is 11.3. The number of carbonyl (C=O) groups is 1. The number of hydrogen-bond donors (Lipinski definition) is 1. The Bertz CT molecular complexity index is 2030. The van der Waals surface area contributed by atoms with Gasteiger partial charge in [-0.2, -0.15) is 15.5 Å². The van der Waals surface area contributed by atoms with Crippen molar-refractivity contribution in [1.29, 1.82) is 5.26 Å². The highest BCUT2D eigenvalue weighted by Crippen LogP contribution is 2.54. The van der Waals surface area contributed by atoms with Gasteiger partial charge < -0.3 is 14.6 Å². The number of likely N-dealkylation sites (N-methyl/N-ethyl adjacent to an activating group) is 1. The first-order chi connectivity index (χ1) is 22.3. The number of anilines is 1. The fourth-order valence-corrected chi connectivity index (χ4v) is 8.74. The van der Waals surface area contributed by atoms with E-state index in [1.54, 1.807) is 11.8 Å². The van der Waals surface area contributed by atoms with Crippen molar-refractivity contribution in [2.45, 2.75) is 62.0 Å². The summed E-state index contributed by atoms with van der Waals surface area (Å²) in [7, 11) is 7.54. The topological polar surface area (TPSA) is 121 Å². The van der Waals surface area contributed by atoms with Gasteiger partial charge in [0.25, 0.3) is 0 Å². The minimum atomic E-state index is -0.680. The molecule has 1 spiro atoms. The second-order valence-corrected chi connectivity index (χ2v) is 13.5. The number of piperidine rings is 1. The van der Waals surface area contributed by atoms with Crippen LogP contribution in [0.2, 0.25) is 0 Å². The van der Waals surface area contributed by atoms with Gasteiger partial charge in [-0.25, -0.2) is 4.98 Å². The van der Waals surface area contributed by atoms with Crippen molar-refractivity contribution in [2.75, 3.05) is 32.1 Å². The minimum Gasteiger partial charge on any atom is -0.381 e. The lowest BCUT2D eigenvalue weighted by Crippen LogP contribution is -2.57. The molecule has 3 aliphatic rings. The van der Waals surface area contributed by atoms with Crippen molar-refractivity contribution in [3.8, 4) is 28.5 Å². The molecule has 0 bridgehead atoms. The molecule has 1 amide bonds. The highest BCUT2D eigenvalue weighted by atomic mass is 16.5.